The number of halogens is 4. The van der Waals surface area contributed by atoms with Crippen LogP contribution in [0.4, 0.5) is 10.1 Å². The largest absolute Gasteiger partial charge is 0.436 e. The average Bonchev–Trinajstić information content (AvgIpc) is 3.04. The van der Waals surface area contributed by atoms with Gasteiger partial charge in [0.15, 0.2) is 5.58 Å². The molecule has 0 N–H and O–H groups in total. The van der Waals surface area contributed by atoms with Crippen LogP contribution in [-0.2, 0) is 0 Å². The Hall–Kier alpha value is -2.40. The number of oxazole rings is 1. The fraction of sp³-hybridized carbons (Fsp3) is 0. The van der Waals surface area contributed by atoms with Crippen molar-refractivity contribution in [3.05, 3.63) is 81.0 Å². The van der Waals surface area contributed by atoms with Crippen molar-refractivity contribution in [2.75, 3.05) is 0 Å². The standard InChI is InChI=1S/C20H10Cl3FN2O/c21-12-2-1-11(16(22)7-12)10-25-14-4-6-19-18(9-14)26-20(27-19)15-5-3-13(24)8-17(15)23/h1-10H. The van der Waals surface area contributed by atoms with Gasteiger partial charge in [0.1, 0.15) is 11.3 Å². The van der Waals surface area contributed by atoms with E-state index >= 15 is 0 Å². The minimum Gasteiger partial charge on any atom is -0.436 e. The first-order valence-electron chi connectivity index (χ1n) is 7.85. The molecule has 0 unspecified atom stereocenters. The molecule has 0 saturated carbocycles. The van der Waals surface area contributed by atoms with E-state index in [9.17, 15) is 4.39 Å². The zero-order valence-electron chi connectivity index (χ0n) is 13.6. The summed E-state index contributed by atoms with van der Waals surface area (Å²) in [5, 5.41) is 1.31. The molecule has 27 heavy (non-hydrogen) atoms. The second-order valence-electron chi connectivity index (χ2n) is 5.72. The summed E-state index contributed by atoms with van der Waals surface area (Å²) < 4.78 is 18.9. The van der Waals surface area contributed by atoms with Crippen LogP contribution in [-0.4, -0.2) is 11.2 Å². The number of fused-ring (bicyclic) bond motifs is 1. The maximum atomic E-state index is 13.2. The second kappa shape index (κ2) is 7.31. The van der Waals surface area contributed by atoms with Crippen molar-refractivity contribution in [2.45, 2.75) is 0 Å². The highest BCUT2D eigenvalue weighted by molar-refractivity contribution is 6.36. The van der Waals surface area contributed by atoms with Crippen molar-refractivity contribution in [3.63, 3.8) is 0 Å². The van der Waals surface area contributed by atoms with E-state index in [1.54, 1.807) is 42.6 Å². The number of rotatable bonds is 3. The van der Waals surface area contributed by atoms with Gasteiger partial charge in [-0.25, -0.2) is 9.37 Å². The van der Waals surface area contributed by atoms with Crippen molar-refractivity contribution >= 4 is 57.8 Å². The van der Waals surface area contributed by atoms with Crippen LogP contribution in [0.15, 0.2) is 64.0 Å². The van der Waals surface area contributed by atoms with Gasteiger partial charge < -0.3 is 4.42 Å². The van der Waals surface area contributed by atoms with Crippen molar-refractivity contribution < 1.29 is 8.81 Å². The summed E-state index contributed by atoms with van der Waals surface area (Å²) in [6.07, 6.45) is 1.65. The maximum absolute atomic E-state index is 13.2. The minimum absolute atomic E-state index is 0.234. The summed E-state index contributed by atoms with van der Waals surface area (Å²) in [4.78, 5) is 8.85. The number of hydrogen-bond acceptors (Lipinski definition) is 3. The van der Waals surface area contributed by atoms with Crippen LogP contribution in [0.3, 0.4) is 0 Å². The molecule has 0 radical (unpaired) electrons. The molecule has 0 atom stereocenters. The Morgan fingerprint density at radius 2 is 1.78 bits per heavy atom. The van der Waals surface area contributed by atoms with E-state index in [2.05, 4.69) is 9.98 Å². The third kappa shape index (κ3) is 3.83. The zero-order chi connectivity index (χ0) is 19.0. The summed E-state index contributed by atoms with van der Waals surface area (Å²) in [5.41, 5.74) is 3.14. The molecule has 7 heteroatoms. The highest BCUT2D eigenvalue weighted by Crippen LogP contribution is 2.32. The van der Waals surface area contributed by atoms with E-state index in [0.29, 0.717) is 38.3 Å². The molecule has 0 fully saturated rings. The van der Waals surface area contributed by atoms with E-state index in [0.717, 1.165) is 5.56 Å². The molecule has 0 aliphatic heterocycles. The SMILES string of the molecule is Fc1ccc(-c2nc3cc(N=Cc4ccc(Cl)cc4Cl)ccc3o2)c(Cl)c1. The molecule has 0 aliphatic rings. The molecule has 0 spiro atoms. The van der Waals surface area contributed by atoms with Gasteiger partial charge in [-0.05, 0) is 48.5 Å². The maximum Gasteiger partial charge on any atom is 0.228 e. The number of aromatic nitrogens is 1. The Bertz CT molecular complexity index is 1190. The first-order chi connectivity index (χ1) is 13.0. The van der Waals surface area contributed by atoms with Gasteiger partial charge in [-0.1, -0.05) is 40.9 Å². The molecule has 4 aromatic rings. The van der Waals surface area contributed by atoms with Gasteiger partial charge in [0, 0.05) is 16.8 Å². The van der Waals surface area contributed by atoms with E-state index in [1.807, 2.05) is 0 Å². The third-order valence-electron chi connectivity index (χ3n) is 3.85. The molecule has 134 valence electrons. The van der Waals surface area contributed by atoms with Gasteiger partial charge in [0.25, 0.3) is 0 Å². The molecular formula is C20H10Cl3FN2O. The van der Waals surface area contributed by atoms with Crippen LogP contribution < -0.4 is 0 Å². The molecule has 0 bridgehead atoms. The summed E-state index contributed by atoms with van der Waals surface area (Å²) >= 11 is 18.1. The van der Waals surface area contributed by atoms with Crippen LogP contribution >= 0.6 is 34.8 Å². The van der Waals surface area contributed by atoms with Crippen LogP contribution in [0.25, 0.3) is 22.6 Å². The second-order valence-corrected chi connectivity index (χ2v) is 6.97. The Kier molecular flexibility index (Phi) is 4.87. The minimum atomic E-state index is -0.419. The molecule has 0 amide bonds. The average molecular weight is 420 g/mol. The Morgan fingerprint density at radius 3 is 2.56 bits per heavy atom. The van der Waals surface area contributed by atoms with Crippen LogP contribution in [0.2, 0.25) is 15.1 Å². The van der Waals surface area contributed by atoms with E-state index in [-0.39, 0.29) is 5.02 Å². The quantitative estimate of drug-likeness (QED) is 0.326. The van der Waals surface area contributed by atoms with Gasteiger partial charge in [0.05, 0.1) is 21.3 Å². The molecule has 3 aromatic carbocycles. The molecule has 1 aromatic heterocycles. The van der Waals surface area contributed by atoms with E-state index < -0.39 is 5.82 Å². The fourth-order valence-corrected chi connectivity index (χ4v) is 3.23. The summed E-state index contributed by atoms with van der Waals surface area (Å²) in [6.45, 7) is 0. The molecule has 3 nitrogen and oxygen atoms in total. The van der Waals surface area contributed by atoms with Gasteiger partial charge >= 0.3 is 0 Å². The molecular weight excluding hydrogens is 410 g/mol. The van der Waals surface area contributed by atoms with Crippen molar-refractivity contribution in [1.29, 1.82) is 0 Å². The number of aliphatic imine (C=N–C) groups is 1. The normalized spacial score (nSPS) is 11.6. The van der Waals surface area contributed by atoms with Crippen LogP contribution in [0.1, 0.15) is 5.56 Å². The van der Waals surface area contributed by atoms with Crippen molar-refractivity contribution in [3.8, 4) is 11.5 Å². The Balaban J connectivity index is 1.67. The highest BCUT2D eigenvalue weighted by Gasteiger charge is 2.12. The Labute approximate surface area is 169 Å². The summed E-state index contributed by atoms with van der Waals surface area (Å²) in [7, 11) is 0. The predicted octanol–water partition coefficient (Wildman–Crippen LogP) is 7.34. The van der Waals surface area contributed by atoms with E-state index in [4.69, 9.17) is 39.2 Å². The smallest absolute Gasteiger partial charge is 0.228 e. The van der Waals surface area contributed by atoms with Crippen LogP contribution in [0.5, 0.6) is 0 Å². The topological polar surface area (TPSA) is 38.4 Å². The van der Waals surface area contributed by atoms with Gasteiger partial charge in [-0.15, -0.1) is 0 Å². The molecule has 0 aliphatic carbocycles. The predicted molar refractivity (Wildman–Crippen MR) is 108 cm³/mol. The number of nitrogens with zero attached hydrogens (tertiary/aromatic N) is 2. The lowest BCUT2D eigenvalue weighted by Gasteiger charge is -1.98. The monoisotopic (exact) mass is 418 g/mol. The molecule has 0 saturated heterocycles. The number of hydrogen-bond donors (Lipinski definition) is 0. The number of benzene rings is 3. The lowest BCUT2D eigenvalue weighted by atomic mass is 10.2. The Morgan fingerprint density at radius 1 is 0.926 bits per heavy atom. The van der Waals surface area contributed by atoms with Gasteiger partial charge in [-0.3, -0.25) is 4.99 Å². The fourth-order valence-electron chi connectivity index (χ4n) is 2.52. The summed E-state index contributed by atoms with van der Waals surface area (Å²) in [5.74, 6) is -0.103. The summed E-state index contributed by atoms with van der Waals surface area (Å²) in [6, 6.07) is 14.6. The van der Waals surface area contributed by atoms with Gasteiger partial charge in [0.2, 0.25) is 5.89 Å². The highest BCUT2D eigenvalue weighted by atomic mass is 35.5. The first-order valence-corrected chi connectivity index (χ1v) is 8.98. The molecule has 4 rings (SSSR count). The van der Waals surface area contributed by atoms with Crippen molar-refractivity contribution in [1.82, 2.24) is 4.98 Å². The van der Waals surface area contributed by atoms with Crippen molar-refractivity contribution in [2.24, 2.45) is 4.99 Å². The van der Waals surface area contributed by atoms with Gasteiger partial charge in [-0.2, -0.15) is 0 Å². The molecule has 1 heterocycles. The van der Waals surface area contributed by atoms with Crippen LogP contribution in [0, 0.1) is 5.82 Å². The zero-order valence-corrected chi connectivity index (χ0v) is 15.9. The lowest BCUT2D eigenvalue weighted by Crippen LogP contribution is -1.82. The third-order valence-corrected chi connectivity index (χ3v) is 4.72. The first kappa shape index (κ1) is 18.0. The lowest BCUT2D eigenvalue weighted by molar-refractivity contribution is 0.616. The van der Waals surface area contributed by atoms with E-state index in [1.165, 1.54) is 18.2 Å².